The molecule has 2 N–H and O–H groups in total. The first-order valence-corrected chi connectivity index (χ1v) is 35.9. The summed E-state index contributed by atoms with van der Waals surface area (Å²) >= 11 is 0. The zero-order chi connectivity index (χ0) is 60.4. The highest BCUT2D eigenvalue weighted by atomic mass is 16.5. The van der Waals surface area contributed by atoms with E-state index in [0.29, 0.717) is 55.2 Å². The van der Waals surface area contributed by atoms with Gasteiger partial charge in [0.2, 0.25) is 0 Å². The van der Waals surface area contributed by atoms with Crippen LogP contribution in [0.5, 0.6) is 0 Å². The van der Waals surface area contributed by atoms with Crippen molar-refractivity contribution in [3.8, 4) is 0 Å². The number of unbranched alkanes of at least 4 members (excludes halogenated alkanes) is 38. The highest BCUT2D eigenvalue weighted by Gasteiger charge is 2.42. The Labute approximate surface area is 518 Å². The Hall–Kier alpha value is -4.53. The van der Waals surface area contributed by atoms with Crippen LogP contribution >= 0.6 is 0 Å². The summed E-state index contributed by atoms with van der Waals surface area (Å²) in [5.41, 5.74) is 12.5. The number of allylic oxidation sites excluding steroid dienone is 11. The molecular weight excluding hydrogens is 1050 g/mol. The molecule has 474 valence electrons. The molecule has 0 spiro atoms. The molecule has 2 atom stereocenters. The van der Waals surface area contributed by atoms with Crippen LogP contribution in [-0.4, -0.2) is 47.4 Å². The molecule has 5 heterocycles. The normalized spacial score (nSPS) is 18.2. The van der Waals surface area contributed by atoms with Gasteiger partial charge in [-0.2, -0.15) is 0 Å². The Balaban J connectivity index is 0.964. The van der Waals surface area contributed by atoms with Crippen molar-refractivity contribution in [2.45, 2.75) is 331 Å². The minimum Gasteiger partial charge on any atom is -0.511 e. The number of hydrogen-bond acceptors (Lipinski definition) is 9. The Kier molecular flexibility index (Phi) is 32.8. The number of carbonyl (C=O) groups excluding carboxylic acids is 2. The van der Waals surface area contributed by atoms with Crippen molar-refractivity contribution >= 4 is 29.1 Å². The Morgan fingerprint density at radius 1 is 0.518 bits per heavy atom. The molecule has 6 aliphatic rings. The van der Waals surface area contributed by atoms with Crippen molar-refractivity contribution in [3.05, 3.63) is 91.5 Å². The highest BCUT2D eigenvalue weighted by Crippen LogP contribution is 2.47. The molecule has 0 saturated carbocycles. The summed E-state index contributed by atoms with van der Waals surface area (Å²) in [6.45, 7) is 15.9. The minimum atomic E-state index is -0.348. The van der Waals surface area contributed by atoms with E-state index in [9.17, 15) is 14.7 Å². The third-order valence-electron chi connectivity index (χ3n) is 19.4. The summed E-state index contributed by atoms with van der Waals surface area (Å²) in [5.74, 6) is -0.276. The lowest BCUT2D eigenvalue weighted by Crippen LogP contribution is -2.16. The lowest BCUT2D eigenvalue weighted by molar-refractivity contribution is -0.144. The van der Waals surface area contributed by atoms with Gasteiger partial charge in [-0.05, 0) is 87.0 Å². The second-order valence-corrected chi connectivity index (χ2v) is 26.3. The van der Waals surface area contributed by atoms with E-state index in [1.165, 1.54) is 225 Å². The van der Waals surface area contributed by atoms with E-state index in [-0.39, 0.29) is 23.8 Å². The molecule has 0 unspecified atom stereocenters. The molecule has 85 heavy (non-hydrogen) atoms. The fraction of sp³-hybridized carbons (Fsp3) is 0.724. The van der Waals surface area contributed by atoms with Crippen LogP contribution in [0.3, 0.4) is 0 Å². The summed E-state index contributed by atoms with van der Waals surface area (Å²) in [7, 11) is 0. The maximum atomic E-state index is 14.3. The number of aliphatic hydroxyl groups excluding tert-OH is 1. The smallest absolute Gasteiger partial charge is 0.340 e. The first-order valence-electron chi connectivity index (χ1n) is 35.9. The minimum absolute atomic E-state index is 0.0183. The second kappa shape index (κ2) is 40.1. The van der Waals surface area contributed by atoms with Crippen molar-refractivity contribution in [2.24, 2.45) is 26.8 Å². The lowest BCUT2D eigenvalue weighted by atomic mass is 9.86. The van der Waals surface area contributed by atoms with Crippen LogP contribution in [0.2, 0.25) is 0 Å². The number of fused-ring (bicyclic) bond motifs is 5. The summed E-state index contributed by atoms with van der Waals surface area (Å²) in [5, 5.41) is 15.4. The number of nitrogens with one attached hydrogen (secondary N) is 1. The third-order valence-corrected chi connectivity index (χ3v) is 19.4. The zero-order valence-electron chi connectivity index (χ0n) is 55.3. The molecule has 0 radical (unpaired) electrons. The van der Waals surface area contributed by atoms with Crippen LogP contribution in [-0.2, 0) is 19.1 Å². The Morgan fingerprint density at radius 3 is 1.40 bits per heavy atom. The standard InChI is InChI=1S/C76H120N4O5/c1-8-11-13-15-17-19-21-23-25-27-29-31-33-35-37-39-41-43-45-47-51-84-71(82)50-49-62-58(5)65-54-66-59(6)72(76(83)85-52-48-46-44-42-40-38-36-34-32-30-28-26-24-22-20-18-16-14-12-9-2)69(78-66)56-64-57(4)61(10-3)68(77-64)55-67-60(7)73-70(81)53-63(74(62)79-65)75(73)80-67/h54-56,58,62,79,81H,8-53H2,1-7H3/t58-,62-/m0/s1. The van der Waals surface area contributed by atoms with Gasteiger partial charge < -0.3 is 19.9 Å². The predicted molar refractivity (Wildman–Crippen MR) is 359 cm³/mol. The number of esters is 2. The Morgan fingerprint density at radius 2 is 0.941 bits per heavy atom. The molecule has 1 fully saturated rings. The molecule has 0 aromatic heterocycles. The van der Waals surface area contributed by atoms with Crippen molar-refractivity contribution < 1.29 is 24.2 Å². The van der Waals surface area contributed by atoms with Crippen molar-refractivity contribution in [1.29, 1.82) is 0 Å². The van der Waals surface area contributed by atoms with Crippen molar-refractivity contribution in [3.63, 3.8) is 0 Å². The average Bonchev–Trinajstić information content (AvgIpc) is 1.70. The van der Waals surface area contributed by atoms with Gasteiger partial charge in [0.15, 0.2) is 0 Å². The van der Waals surface area contributed by atoms with Gasteiger partial charge in [-0.3, -0.25) is 4.79 Å². The van der Waals surface area contributed by atoms with Gasteiger partial charge in [0.05, 0.1) is 53.0 Å². The van der Waals surface area contributed by atoms with Gasteiger partial charge in [-0.25, -0.2) is 19.8 Å². The molecule has 0 amide bonds. The molecule has 6 rings (SSSR count). The van der Waals surface area contributed by atoms with Crippen molar-refractivity contribution in [2.75, 3.05) is 13.2 Å². The second-order valence-electron chi connectivity index (χ2n) is 26.3. The molecule has 8 bridgehead atoms. The van der Waals surface area contributed by atoms with Gasteiger partial charge in [0.1, 0.15) is 5.76 Å². The van der Waals surface area contributed by atoms with E-state index >= 15 is 0 Å². The van der Waals surface area contributed by atoms with Crippen LogP contribution in [0.25, 0.3) is 0 Å². The number of hydrogen-bond donors (Lipinski definition) is 2. The summed E-state index contributed by atoms with van der Waals surface area (Å²) < 4.78 is 12.0. The quantitative estimate of drug-likeness (QED) is 0.0462. The molecule has 0 aromatic rings. The van der Waals surface area contributed by atoms with E-state index in [1.54, 1.807) is 0 Å². The summed E-state index contributed by atoms with van der Waals surface area (Å²) in [4.78, 5) is 43.3. The summed E-state index contributed by atoms with van der Waals surface area (Å²) in [6, 6.07) is 0. The molecule has 1 saturated heterocycles. The fourth-order valence-corrected chi connectivity index (χ4v) is 13.8. The van der Waals surface area contributed by atoms with Crippen LogP contribution in [0.1, 0.15) is 331 Å². The highest BCUT2D eigenvalue weighted by molar-refractivity contribution is 6.22. The van der Waals surface area contributed by atoms with Crippen LogP contribution in [0.15, 0.2) is 106 Å². The van der Waals surface area contributed by atoms with E-state index in [2.05, 4.69) is 46.0 Å². The van der Waals surface area contributed by atoms with Gasteiger partial charge in [0, 0.05) is 47.2 Å². The molecule has 9 nitrogen and oxygen atoms in total. The molecule has 9 heteroatoms. The molecular formula is C76H120N4O5. The first-order chi connectivity index (χ1) is 41.6. The predicted octanol–water partition coefficient (Wildman–Crippen LogP) is 22.2. The Bertz CT molecular complexity index is 2490. The van der Waals surface area contributed by atoms with E-state index in [0.717, 1.165) is 106 Å². The van der Waals surface area contributed by atoms with Crippen LogP contribution < -0.4 is 5.32 Å². The molecule has 1 aliphatic carbocycles. The molecule has 0 aromatic carbocycles. The lowest BCUT2D eigenvalue weighted by Gasteiger charge is -2.17. The summed E-state index contributed by atoms with van der Waals surface area (Å²) in [6.07, 6.45) is 61.4. The van der Waals surface area contributed by atoms with E-state index in [1.807, 2.05) is 26.0 Å². The van der Waals surface area contributed by atoms with Gasteiger partial charge in [-0.1, -0.05) is 272 Å². The topological polar surface area (TPSA) is 122 Å². The first kappa shape index (κ1) is 69.6. The number of ether oxygens (including phenoxy) is 2. The van der Waals surface area contributed by atoms with E-state index in [4.69, 9.17) is 24.5 Å². The number of aliphatic imine (C=N–C) groups is 3. The number of aliphatic hydroxyl groups is 1. The van der Waals surface area contributed by atoms with E-state index < -0.39 is 0 Å². The van der Waals surface area contributed by atoms with Gasteiger partial charge in [-0.15, -0.1) is 0 Å². The SMILES string of the molecule is CCCCCCCCCCCCCCCCCCCCCCOC(=O)CC[C@@H]1C2=C3CC(O)=C4C3=NC(=C4C)C=C3N=C(C=C4N=C(C=C(N2)[C@H]1C)C(C)=C4C(=O)OCCCCCCCCCCCCCCCCCCCCCC)C(C)=C3CC. The maximum Gasteiger partial charge on any atom is 0.340 e. The zero-order valence-corrected chi connectivity index (χ0v) is 55.3. The molecule has 5 aliphatic heterocycles. The largest absolute Gasteiger partial charge is 0.511 e. The van der Waals surface area contributed by atoms with Crippen LogP contribution in [0, 0.1) is 11.8 Å². The number of nitrogens with zero attached hydrogens (tertiary/aromatic N) is 3. The maximum absolute atomic E-state index is 14.3. The number of carbonyl (C=O) groups is 2. The monoisotopic (exact) mass is 1170 g/mol. The van der Waals surface area contributed by atoms with Gasteiger partial charge in [0.25, 0.3) is 0 Å². The number of rotatable bonds is 47. The van der Waals surface area contributed by atoms with Crippen molar-refractivity contribution in [1.82, 2.24) is 5.32 Å². The average molecular weight is 1170 g/mol. The fourth-order valence-electron chi connectivity index (χ4n) is 13.8. The van der Waals surface area contributed by atoms with Crippen LogP contribution in [0.4, 0.5) is 0 Å². The van der Waals surface area contributed by atoms with Gasteiger partial charge >= 0.3 is 11.9 Å². The third kappa shape index (κ3) is 22.9.